The Hall–Kier alpha value is -2.32. The van der Waals surface area contributed by atoms with Gasteiger partial charge in [0, 0.05) is 18.2 Å². The van der Waals surface area contributed by atoms with Crippen LogP contribution in [0.4, 0.5) is 0 Å². The van der Waals surface area contributed by atoms with E-state index >= 15 is 0 Å². The minimum absolute atomic E-state index is 0.160. The normalized spacial score (nSPS) is 10.9. The third-order valence-corrected chi connectivity index (χ3v) is 1.56. The van der Waals surface area contributed by atoms with Crippen LogP contribution in [0.3, 0.4) is 0 Å². The van der Waals surface area contributed by atoms with Crippen LogP contribution in [-0.2, 0) is 0 Å². The summed E-state index contributed by atoms with van der Waals surface area (Å²) < 4.78 is 0. The van der Waals surface area contributed by atoms with Gasteiger partial charge in [-0.05, 0) is 12.1 Å². The van der Waals surface area contributed by atoms with Gasteiger partial charge in [-0.25, -0.2) is 5.48 Å². The summed E-state index contributed by atoms with van der Waals surface area (Å²) in [6.07, 6.45) is 1.97. The molecule has 0 aliphatic heterocycles. The predicted octanol–water partition coefficient (Wildman–Crippen LogP) is 0.708. The van der Waals surface area contributed by atoms with Crippen molar-refractivity contribution in [1.82, 2.24) is 5.48 Å². The van der Waals surface area contributed by atoms with Crippen molar-refractivity contribution in [3.63, 3.8) is 0 Å². The minimum atomic E-state index is -0.160. The molecular formula is C11H12N4O. The van der Waals surface area contributed by atoms with E-state index in [1.54, 1.807) is 5.48 Å². The second kappa shape index (κ2) is 7.04. The molecule has 0 fully saturated rings. The number of rotatable bonds is 2. The SMILES string of the molecule is N/C(=N\N=CCC#Cc1ccccc1)NO. The summed E-state index contributed by atoms with van der Waals surface area (Å²) in [7, 11) is 0. The van der Waals surface area contributed by atoms with E-state index in [1.807, 2.05) is 30.3 Å². The molecule has 1 aromatic rings. The smallest absolute Gasteiger partial charge is 0.237 e. The molecule has 0 unspecified atom stereocenters. The highest BCUT2D eigenvalue weighted by Gasteiger charge is 1.81. The molecule has 0 atom stereocenters. The molecule has 5 heteroatoms. The van der Waals surface area contributed by atoms with Crippen molar-refractivity contribution >= 4 is 12.2 Å². The van der Waals surface area contributed by atoms with Gasteiger partial charge in [-0.15, -0.1) is 5.10 Å². The van der Waals surface area contributed by atoms with Crippen LogP contribution < -0.4 is 11.2 Å². The first-order chi connectivity index (χ1) is 7.83. The summed E-state index contributed by atoms with van der Waals surface area (Å²) in [5, 5.41) is 15.3. The van der Waals surface area contributed by atoms with Gasteiger partial charge in [-0.2, -0.15) is 5.10 Å². The van der Waals surface area contributed by atoms with Crippen LogP contribution in [0.1, 0.15) is 12.0 Å². The predicted molar refractivity (Wildman–Crippen MR) is 63.0 cm³/mol. The first kappa shape index (κ1) is 11.8. The van der Waals surface area contributed by atoms with Gasteiger partial charge in [0.15, 0.2) is 0 Å². The number of nitrogens with two attached hydrogens (primary N) is 1. The number of hydrogen-bond acceptors (Lipinski definition) is 3. The van der Waals surface area contributed by atoms with Crippen LogP contribution in [0.15, 0.2) is 40.5 Å². The maximum absolute atomic E-state index is 8.28. The van der Waals surface area contributed by atoms with E-state index in [-0.39, 0.29) is 5.96 Å². The quantitative estimate of drug-likeness (QED) is 0.294. The van der Waals surface area contributed by atoms with Gasteiger partial charge in [-0.3, -0.25) is 5.21 Å². The Morgan fingerprint density at radius 3 is 2.88 bits per heavy atom. The van der Waals surface area contributed by atoms with Crippen LogP contribution in [0.5, 0.6) is 0 Å². The van der Waals surface area contributed by atoms with Gasteiger partial charge >= 0.3 is 0 Å². The molecule has 0 heterocycles. The topological polar surface area (TPSA) is 83.0 Å². The van der Waals surface area contributed by atoms with Crippen LogP contribution in [-0.4, -0.2) is 17.4 Å². The molecule has 0 amide bonds. The first-order valence-electron chi connectivity index (χ1n) is 4.62. The highest BCUT2D eigenvalue weighted by Crippen LogP contribution is 1.94. The Balaban J connectivity index is 2.39. The number of hydrogen-bond donors (Lipinski definition) is 3. The van der Waals surface area contributed by atoms with Gasteiger partial charge in [0.1, 0.15) is 0 Å². The van der Waals surface area contributed by atoms with Crippen LogP contribution in [0.2, 0.25) is 0 Å². The summed E-state index contributed by atoms with van der Waals surface area (Å²) in [5.41, 5.74) is 7.73. The molecule has 1 rings (SSSR count). The Morgan fingerprint density at radius 1 is 1.44 bits per heavy atom. The van der Waals surface area contributed by atoms with E-state index in [2.05, 4.69) is 22.0 Å². The Kier molecular flexibility index (Phi) is 5.17. The summed E-state index contributed by atoms with van der Waals surface area (Å²) in [4.78, 5) is 0. The highest BCUT2D eigenvalue weighted by molar-refractivity contribution is 5.77. The van der Waals surface area contributed by atoms with Crippen LogP contribution in [0.25, 0.3) is 0 Å². The molecule has 16 heavy (non-hydrogen) atoms. The number of hydroxylamine groups is 1. The molecule has 5 nitrogen and oxygen atoms in total. The zero-order valence-corrected chi connectivity index (χ0v) is 8.59. The molecule has 4 N–H and O–H groups in total. The van der Waals surface area contributed by atoms with E-state index in [0.29, 0.717) is 6.42 Å². The fourth-order valence-electron chi connectivity index (χ4n) is 0.886. The number of guanidine groups is 1. The zero-order chi connectivity index (χ0) is 11.6. The Bertz CT molecular complexity index is 428. The van der Waals surface area contributed by atoms with Crippen molar-refractivity contribution in [2.45, 2.75) is 6.42 Å². The van der Waals surface area contributed by atoms with E-state index in [4.69, 9.17) is 10.9 Å². The van der Waals surface area contributed by atoms with E-state index < -0.39 is 0 Å². The lowest BCUT2D eigenvalue weighted by molar-refractivity contribution is 0.232. The Morgan fingerprint density at radius 2 is 2.19 bits per heavy atom. The molecule has 0 bridgehead atoms. The maximum Gasteiger partial charge on any atom is 0.237 e. The number of nitrogens with one attached hydrogen (secondary N) is 1. The van der Waals surface area contributed by atoms with E-state index in [1.165, 1.54) is 6.21 Å². The minimum Gasteiger partial charge on any atom is -0.367 e. The third-order valence-electron chi connectivity index (χ3n) is 1.56. The molecule has 1 aromatic carbocycles. The molecule has 0 saturated carbocycles. The summed E-state index contributed by atoms with van der Waals surface area (Å²) in [5.74, 6) is 5.70. The molecule has 0 aromatic heterocycles. The lowest BCUT2D eigenvalue weighted by atomic mass is 10.2. The zero-order valence-electron chi connectivity index (χ0n) is 8.59. The van der Waals surface area contributed by atoms with Crippen molar-refractivity contribution < 1.29 is 5.21 Å². The average Bonchev–Trinajstić information content (AvgIpc) is 2.34. The Labute approximate surface area is 93.7 Å². The molecule has 0 aliphatic rings. The van der Waals surface area contributed by atoms with Crippen molar-refractivity contribution in [2.24, 2.45) is 15.9 Å². The second-order valence-corrected chi connectivity index (χ2v) is 2.77. The third kappa shape index (κ3) is 4.79. The average molecular weight is 216 g/mol. The summed E-state index contributed by atoms with van der Waals surface area (Å²) in [6, 6.07) is 9.64. The fourth-order valence-corrected chi connectivity index (χ4v) is 0.886. The molecule has 0 aliphatic carbocycles. The molecule has 0 spiro atoms. The molecular weight excluding hydrogens is 204 g/mol. The second-order valence-electron chi connectivity index (χ2n) is 2.77. The molecule has 0 radical (unpaired) electrons. The van der Waals surface area contributed by atoms with Gasteiger partial charge in [0.25, 0.3) is 0 Å². The lowest BCUT2D eigenvalue weighted by Gasteiger charge is -1.89. The van der Waals surface area contributed by atoms with E-state index in [9.17, 15) is 0 Å². The molecule has 0 saturated heterocycles. The van der Waals surface area contributed by atoms with Crippen molar-refractivity contribution in [3.8, 4) is 11.8 Å². The van der Waals surface area contributed by atoms with E-state index in [0.717, 1.165) is 5.56 Å². The van der Waals surface area contributed by atoms with Gasteiger partial charge in [0.05, 0.1) is 0 Å². The standard InChI is InChI=1S/C11H12N4O/c12-11(15-16)14-13-9-5-4-8-10-6-2-1-3-7-10/h1-3,6-7,9,16H,5H2,(H3,12,14,15). The van der Waals surface area contributed by atoms with Crippen molar-refractivity contribution in [3.05, 3.63) is 35.9 Å². The first-order valence-corrected chi connectivity index (χ1v) is 4.62. The lowest BCUT2D eigenvalue weighted by Crippen LogP contribution is -2.27. The fraction of sp³-hybridized carbons (Fsp3) is 0.0909. The highest BCUT2D eigenvalue weighted by atomic mass is 16.5. The molecule has 82 valence electrons. The largest absolute Gasteiger partial charge is 0.367 e. The van der Waals surface area contributed by atoms with Crippen molar-refractivity contribution in [2.75, 3.05) is 0 Å². The van der Waals surface area contributed by atoms with Crippen molar-refractivity contribution in [1.29, 1.82) is 0 Å². The van der Waals surface area contributed by atoms with Gasteiger partial charge in [0.2, 0.25) is 5.96 Å². The monoisotopic (exact) mass is 216 g/mol. The number of benzene rings is 1. The van der Waals surface area contributed by atoms with Crippen LogP contribution >= 0.6 is 0 Å². The number of nitrogens with zero attached hydrogens (tertiary/aromatic N) is 2. The maximum atomic E-state index is 8.28. The summed E-state index contributed by atoms with van der Waals surface area (Å²) in [6.45, 7) is 0. The van der Waals surface area contributed by atoms with Gasteiger partial charge in [-0.1, -0.05) is 30.0 Å². The van der Waals surface area contributed by atoms with Gasteiger partial charge < -0.3 is 5.73 Å². The van der Waals surface area contributed by atoms with Crippen LogP contribution in [0, 0.1) is 11.8 Å². The summed E-state index contributed by atoms with van der Waals surface area (Å²) >= 11 is 0.